The third-order valence-electron chi connectivity index (χ3n) is 5.05. The number of hydrogen-bond donors (Lipinski definition) is 2. The lowest BCUT2D eigenvalue weighted by Crippen LogP contribution is -2.57. The van der Waals surface area contributed by atoms with Crippen molar-refractivity contribution in [1.82, 2.24) is 10.2 Å². The lowest BCUT2D eigenvalue weighted by atomic mass is 9.81. The van der Waals surface area contributed by atoms with Crippen LogP contribution in [-0.4, -0.2) is 34.7 Å². The van der Waals surface area contributed by atoms with Crippen LogP contribution in [0.15, 0.2) is 24.3 Å². The van der Waals surface area contributed by atoms with Gasteiger partial charge in [-0.3, -0.25) is 4.90 Å². The number of nitrogens with zero attached hydrogens (tertiary/aromatic N) is 1. The van der Waals surface area contributed by atoms with Gasteiger partial charge in [-0.2, -0.15) is 0 Å². The Morgan fingerprint density at radius 1 is 1.22 bits per heavy atom. The fourth-order valence-corrected chi connectivity index (χ4v) is 4.39. The monoisotopic (exact) mass is 335 g/mol. The molecule has 2 atom stereocenters. The summed E-state index contributed by atoms with van der Waals surface area (Å²) in [5.41, 5.74) is 0.826. The fourth-order valence-electron chi connectivity index (χ4n) is 4.11. The van der Waals surface area contributed by atoms with Crippen LogP contribution in [0.4, 0.5) is 10.1 Å². The summed E-state index contributed by atoms with van der Waals surface area (Å²) in [6.45, 7) is 3.49. The van der Waals surface area contributed by atoms with Crippen molar-refractivity contribution < 1.29 is 4.39 Å². The minimum absolute atomic E-state index is 0.231. The molecule has 126 valence electrons. The van der Waals surface area contributed by atoms with Crippen LogP contribution >= 0.6 is 12.2 Å². The molecule has 0 radical (unpaired) electrons. The van der Waals surface area contributed by atoms with Crippen molar-refractivity contribution in [2.45, 2.75) is 63.6 Å². The summed E-state index contributed by atoms with van der Waals surface area (Å²) in [5, 5.41) is 7.27. The highest BCUT2D eigenvalue weighted by atomic mass is 32.1. The second-order valence-electron chi connectivity index (χ2n) is 6.75. The van der Waals surface area contributed by atoms with E-state index in [1.54, 1.807) is 12.1 Å². The molecule has 1 aromatic carbocycles. The van der Waals surface area contributed by atoms with Crippen LogP contribution in [0.1, 0.15) is 45.4 Å². The van der Waals surface area contributed by atoms with Gasteiger partial charge < -0.3 is 10.6 Å². The van der Waals surface area contributed by atoms with Crippen LogP contribution in [-0.2, 0) is 0 Å². The molecule has 5 heteroatoms. The Hall–Kier alpha value is -1.20. The Morgan fingerprint density at radius 2 is 1.87 bits per heavy atom. The molecule has 3 nitrogen and oxygen atoms in total. The summed E-state index contributed by atoms with van der Waals surface area (Å²) in [6.07, 6.45) is 7.55. The number of nitrogens with one attached hydrogen (secondary N) is 2. The van der Waals surface area contributed by atoms with Crippen LogP contribution in [0.2, 0.25) is 0 Å². The first-order valence-corrected chi connectivity index (χ1v) is 9.15. The quantitative estimate of drug-likeness (QED) is 0.816. The largest absolute Gasteiger partial charge is 0.360 e. The second kappa shape index (κ2) is 7.58. The maximum Gasteiger partial charge on any atom is 0.170 e. The average molecular weight is 335 g/mol. The average Bonchev–Trinajstić information content (AvgIpc) is 2.50. The zero-order chi connectivity index (χ0) is 16.2. The fraction of sp³-hybridized carbons (Fsp3) is 0.611. The zero-order valence-corrected chi connectivity index (χ0v) is 14.5. The first kappa shape index (κ1) is 16.7. The van der Waals surface area contributed by atoms with E-state index < -0.39 is 0 Å². The van der Waals surface area contributed by atoms with Gasteiger partial charge in [-0.15, -0.1) is 0 Å². The zero-order valence-electron chi connectivity index (χ0n) is 13.7. The molecule has 0 aliphatic carbocycles. The van der Waals surface area contributed by atoms with E-state index in [0.717, 1.165) is 5.69 Å². The number of fused-ring (bicyclic) bond motifs is 2. The third-order valence-corrected chi connectivity index (χ3v) is 5.26. The van der Waals surface area contributed by atoms with Crippen molar-refractivity contribution in [1.29, 1.82) is 0 Å². The van der Waals surface area contributed by atoms with Gasteiger partial charge in [0.25, 0.3) is 0 Å². The molecule has 0 saturated carbocycles. The third kappa shape index (κ3) is 4.21. The summed E-state index contributed by atoms with van der Waals surface area (Å²) in [5.74, 6) is -0.231. The van der Waals surface area contributed by atoms with Gasteiger partial charge in [0.05, 0.1) is 0 Å². The number of benzene rings is 1. The minimum atomic E-state index is -0.231. The van der Waals surface area contributed by atoms with E-state index in [4.69, 9.17) is 12.2 Å². The number of halogens is 1. The number of rotatable bonds is 4. The van der Waals surface area contributed by atoms with Gasteiger partial charge >= 0.3 is 0 Å². The molecule has 2 saturated heterocycles. The molecule has 2 N–H and O–H groups in total. The first-order chi connectivity index (χ1) is 11.2. The normalized spacial score (nSPS) is 27.5. The maximum atomic E-state index is 12.9. The maximum absolute atomic E-state index is 12.9. The van der Waals surface area contributed by atoms with Crippen LogP contribution in [0.5, 0.6) is 0 Å². The Kier molecular flexibility index (Phi) is 5.49. The van der Waals surface area contributed by atoms with Crippen molar-refractivity contribution in [3.05, 3.63) is 30.1 Å². The molecule has 1 aromatic rings. The number of piperidine rings is 2. The van der Waals surface area contributed by atoms with Crippen LogP contribution < -0.4 is 10.6 Å². The van der Waals surface area contributed by atoms with E-state index in [9.17, 15) is 4.39 Å². The van der Waals surface area contributed by atoms with Gasteiger partial charge in [-0.05, 0) is 75.1 Å². The SMILES string of the molecule is CCCN1[C@H]2CCC[C@H]1CC(NC(=S)Nc1ccc(F)cc1)C2. The van der Waals surface area contributed by atoms with Crippen molar-refractivity contribution in [2.24, 2.45) is 0 Å². The van der Waals surface area contributed by atoms with Crippen LogP contribution in [0.3, 0.4) is 0 Å². The molecule has 2 fully saturated rings. The Morgan fingerprint density at radius 3 is 2.48 bits per heavy atom. The molecule has 0 spiro atoms. The summed E-state index contributed by atoms with van der Waals surface area (Å²) >= 11 is 5.43. The molecule has 0 aromatic heterocycles. The van der Waals surface area contributed by atoms with E-state index in [-0.39, 0.29) is 5.82 Å². The van der Waals surface area contributed by atoms with Gasteiger partial charge in [0.1, 0.15) is 5.82 Å². The van der Waals surface area contributed by atoms with Crippen LogP contribution in [0.25, 0.3) is 0 Å². The Bertz CT molecular complexity index is 520. The highest BCUT2D eigenvalue weighted by Crippen LogP contribution is 2.34. The molecule has 2 heterocycles. The summed E-state index contributed by atoms with van der Waals surface area (Å²) in [4.78, 5) is 2.72. The van der Waals surface area contributed by atoms with E-state index >= 15 is 0 Å². The standard InChI is InChI=1S/C18H26FN3S/c1-2-10-22-16-4-3-5-17(22)12-15(11-16)21-18(23)20-14-8-6-13(19)7-9-14/h6-9,15-17H,2-5,10-12H2,1H3,(H2,20,21,23)/t16-,17-/m0/s1. The van der Waals surface area contributed by atoms with E-state index in [0.29, 0.717) is 23.2 Å². The molecule has 3 rings (SSSR count). The predicted molar refractivity (Wildman–Crippen MR) is 97.2 cm³/mol. The van der Waals surface area contributed by atoms with Crippen molar-refractivity contribution in [3.63, 3.8) is 0 Å². The van der Waals surface area contributed by atoms with E-state index in [2.05, 4.69) is 22.5 Å². The Labute approximate surface area is 143 Å². The highest BCUT2D eigenvalue weighted by molar-refractivity contribution is 7.80. The molecular weight excluding hydrogens is 309 g/mol. The molecule has 0 unspecified atom stereocenters. The molecule has 0 amide bonds. The summed E-state index contributed by atoms with van der Waals surface area (Å²) < 4.78 is 12.9. The van der Waals surface area contributed by atoms with E-state index in [1.165, 1.54) is 57.2 Å². The first-order valence-electron chi connectivity index (χ1n) is 8.74. The summed E-state index contributed by atoms with van der Waals surface area (Å²) in [7, 11) is 0. The second-order valence-corrected chi connectivity index (χ2v) is 7.16. The molecular formula is C18H26FN3S. The minimum Gasteiger partial charge on any atom is -0.360 e. The predicted octanol–water partition coefficient (Wildman–Crippen LogP) is 3.91. The number of anilines is 1. The smallest absolute Gasteiger partial charge is 0.170 e. The number of hydrogen-bond acceptors (Lipinski definition) is 2. The molecule has 2 bridgehead atoms. The van der Waals surface area contributed by atoms with Gasteiger partial charge in [0.15, 0.2) is 5.11 Å². The van der Waals surface area contributed by atoms with Gasteiger partial charge in [-0.25, -0.2) is 4.39 Å². The highest BCUT2D eigenvalue weighted by Gasteiger charge is 2.37. The Balaban J connectivity index is 1.54. The van der Waals surface area contributed by atoms with Crippen LogP contribution in [0, 0.1) is 5.82 Å². The molecule has 2 aliphatic rings. The van der Waals surface area contributed by atoms with Gasteiger partial charge in [-0.1, -0.05) is 13.3 Å². The van der Waals surface area contributed by atoms with Crippen molar-refractivity contribution >= 4 is 23.0 Å². The molecule has 23 heavy (non-hydrogen) atoms. The van der Waals surface area contributed by atoms with Gasteiger partial charge in [0.2, 0.25) is 0 Å². The van der Waals surface area contributed by atoms with Gasteiger partial charge in [0, 0.05) is 23.8 Å². The van der Waals surface area contributed by atoms with E-state index in [1.807, 2.05) is 0 Å². The van der Waals surface area contributed by atoms with Crippen molar-refractivity contribution in [3.8, 4) is 0 Å². The van der Waals surface area contributed by atoms with Crippen molar-refractivity contribution in [2.75, 3.05) is 11.9 Å². The summed E-state index contributed by atoms with van der Waals surface area (Å²) in [6, 6.07) is 8.15. The number of thiocarbonyl (C=S) groups is 1. The lowest BCUT2D eigenvalue weighted by Gasteiger charge is -2.49. The topological polar surface area (TPSA) is 27.3 Å². The lowest BCUT2D eigenvalue weighted by molar-refractivity contribution is 0.0284. The molecule has 2 aliphatic heterocycles.